The molecule has 1 aliphatic rings. The van der Waals surface area contributed by atoms with Gasteiger partial charge in [-0.2, -0.15) is 0 Å². The van der Waals surface area contributed by atoms with Crippen LogP contribution in [0.25, 0.3) is 0 Å². The van der Waals surface area contributed by atoms with E-state index in [1.807, 2.05) is 4.90 Å². The predicted octanol–water partition coefficient (Wildman–Crippen LogP) is 2.24. The van der Waals surface area contributed by atoms with Crippen LogP contribution in [0.1, 0.15) is 30.3 Å². The highest BCUT2D eigenvalue weighted by molar-refractivity contribution is 9.10. The number of rotatable bonds is 2. The monoisotopic (exact) mass is 300 g/mol. The summed E-state index contributed by atoms with van der Waals surface area (Å²) < 4.78 is 5.89. The molecular formula is C12H17BrN2O2. The number of hydrogen-bond donors (Lipinski definition) is 1. The minimum atomic E-state index is -0.0404. The normalized spacial score (nSPS) is 25.0. The van der Waals surface area contributed by atoms with E-state index in [9.17, 15) is 4.79 Å². The zero-order chi connectivity index (χ0) is 12.4. The molecule has 1 aliphatic heterocycles. The number of carbonyl (C=O) groups excluding carboxylic acids is 1. The van der Waals surface area contributed by atoms with E-state index in [-0.39, 0.29) is 11.9 Å². The summed E-state index contributed by atoms with van der Waals surface area (Å²) >= 11 is 3.21. The SMILES string of the molecule is CC1CCC(CN)CN1C(=O)c1ccc(Br)o1. The van der Waals surface area contributed by atoms with Gasteiger partial charge in [0, 0.05) is 12.6 Å². The molecule has 2 atom stereocenters. The van der Waals surface area contributed by atoms with Gasteiger partial charge >= 0.3 is 0 Å². The highest BCUT2D eigenvalue weighted by Gasteiger charge is 2.30. The van der Waals surface area contributed by atoms with Crippen LogP contribution >= 0.6 is 15.9 Å². The van der Waals surface area contributed by atoms with E-state index in [1.54, 1.807) is 12.1 Å². The van der Waals surface area contributed by atoms with Crippen molar-refractivity contribution < 1.29 is 9.21 Å². The average Bonchev–Trinajstić information content (AvgIpc) is 2.76. The first-order valence-electron chi connectivity index (χ1n) is 5.88. The number of amides is 1. The minimum absolute atomic E-state index is 0.0404. The van der Waals surface area contributed by atoms with Gasteiger partial charge in [0.15, 0.2) is 10.4 Å². The smallest absolute Gasteiger partial charge is 0.289 e. The second-order valence-corrected chi connectivity index (χ2v) is 5.37. The molecule has 1 aromatic rings. The summed E-state index contributed by atoms with van der Waals surface area (Å²) in [6, 6.07) is 3.70. The quantitative estimate of drug-likeness (QED) is 0.911. The second-order valence-electron chi connectivity index (χ2n) is 4.59. The Kier molecular flexibility index (Phi) is 3.89. The fourth-order valence-corrected chi connectivity index (χ4v) is 2.53. The van der Waals surface area contributed by atoms with Crippen molar-refractivity contribution in [2.45, 2.75) is 25.8 Å². The van der Waals surface area contributed by atoms with Crippen molar-refractivity contribution in [2.75, 3.05) is 13.1 Å². The lowest BCUT2D eigenvalue weighted by Crippen LogP contribution is -2.47. The molecule has 2 N–H and O–H groups in total. The fraction of sp³-hybridized carbons (Fsp3) is 0.583. The molecule has 94 valence electrons. The van der Waals surface area contributed by atoms with Gasteiger partial charge in [-0.05, 0) is 60.3 Å². The molecule has 17 heavy (non-hydrogen) atoms. The Morgan fingerprint density at radius 1 is 1.59 bits per heavy atom. The molecule has 4 nitrogen and oxygen atoms in total. The summed E-state index contributed by atoms with van der Waals surface area (Å²) in [5.41, 5.74) is 5.68. The Balaban J connectivity index is 2.12. The molecule has 0 saturated carbocycles. The van der Waals surface area contributed by atoms with Crippen molar-refractivity contribution >= 4 is 21.8 Å². The number of carbonyl (C=O) groups is 1. The summed E-state index contributed by atoms with van der Waals surface area (Å²) in [6.07, 6.45) is 2.11. The van der Waals surface area contributed by atoms with Crippen LogP contribution in [0.5, 0.6) is 0 Å². The van der Waals surface area contributed by atoms with Gasteiger partial charge in [0.2, 0.25) is 0 Å². The molecule has 0 spiro atoms. The van der Waals surface area contributed by atoms with E-state index in [2.05, 4.69) is 22.9 Å². The van der Waals surface area contributed by atoms with E-state index >= 15 is 0 Å². The third-order valence-corrected chi connectivity index (χ3v) is 3.78. The molecule has 0 aliphatic carbocycles. The molecule has 1 amide bonds. The van der Waals surface area contributed by atoms with Crippen LogP contribution in [0.15, 0.2) is 21.2 Å². The Bertz CT molecular complexity index is 405. The van der Waals surface area contributed by atoms with Gasteiger partial charge in [-0.1, -0.05) is 0 Å². The molecule has 0 radical (unpaired) electrons. The Morgan fingerprint density at radius 2 is 2.35 bits per heavy atom. The molecule has 0 bridgehead atoms. The lowest BCUT2D eigenvalue weighted by molar-refractivity contribution is 0.0533. The number of furan rings is 1. The van der Waals surface area contributed by atoms with Crippen LogP contribution in [0.2, 0.25) is 0 Å². The van der Waals surface area contributed by atoms with Crippen LogP contribution in [0.3, 0.4) is 0 Å². The van der Waals surface area contributed by atoms with E-state index in [1.165, 1.54) is 0 Å². The largest absolute Gasteiger partial charge is 0.444 e. The number of halogens is 1. The molecular weight excluding hydrogens is 284 g/mol. The number of nitrogens with zero attached hydrogens (tertiary/aromatic N) is 1. The summed E-state index contributed by atoms with van der Waals surface area (Å²) in [7, 11) is 0. The molecule has 2 unspecified atom stereocenters. The lowest BCUT2D eigenvalue weighted by atomic mass is 9.93. The van der Waals surface area contributed by atoms with Gasteiger partial charge in [-0.3, -0.25) is 4.79 Å². The zero-order valence-electron chi connectivity index (χ0n) is 9.86. The summed E-state index contributed by atoms with van der Waals surface area (Å²) in [6.45, 7) is 3.44. The summed E-state index contributed by atoms with van der Waals surface area (Å²) in [5, 5.41) is 0. The van der Waals surface area contributed by atoms with E-state index in [0.29, 0.717) is 22.9 Å². The van der Waals surface area contributed by atoms with Gasteiger partial charge in [0.1, 0.15) is 0 Å². The van der Waals surface area contributed by atoms with Gasteiger partial charge < -0.3 is 15.1 Å². The molecule has 1 aromatic heterocycles. The lowest BCUT2D eigenvalue weighted by Gasteiger charge is -2.37. The highest BCUT2D eigenvalue weighted by atomic mass is 79.9. The third-order valence-electron chi connectivity index (χ3n) is 3.36. The number of likely N-dealkylation sites (tertiary alicyclic amines) is 1. The Morgan fingerprint density at radius 3 is 2.94 bits per heavy atom. The summed E-state index contributed by atoms with van der Waals surface area (Å²) in [4.78, 5) is 14.1. The van der Waals surface area contributed by atoms with Crippen LogP contribution in [-0.2, 0) is 0 Å². The standard InChI is InChI=1S/C12H17BrN2O2/c1-8-2-3-9(6-14)7-15(8)12(16)10-4-5-11(13)17-10/h4-5,8-9H,2-3,6-7,14H2,1H3. The fourth-order valence-electron chi connectivity index (χ4n) is 2.23. The van der Waals surface area contributed by atoms with E-state index < -0.39 is 0 Å². The maximum Gasteiger partial charge on any atom is 0.289 e. The predicted molar refractivity (Wildman–Crippen MR) is 68.7 cm³/mol. The van der Waals surface area contributed by atoms with Crippen molar-refractivity contribution in [3.05, 3.63) is 22.6 Å². The van der Waals surface area contributed by atoms with Crippen LogP contribution < -0.4 is 5.73 Å². The van der Waals surface area contributed by atoms with Crippen LogP contribution in [0, 0.1) is 5.92 Å². The van der Waals surface area contributed by atoms with Crippen LogP contribution in [0.4, 0.5) is 0 Å². The molecule has 2 heterocycles. The first kappa shape index (κ1) is 12.6. The van der Waals surface area contributed by atoms with Crippen molar-refractivity contribution in [1.82, 2.24) is 4.90 Å². The number of piperidine rings is 1. The first-order chi connectivity index (χ1) is 8.11. The van der Waals surface area contributed by atoms with Crippen LogP contribution in [-0.4, -0.2) is 29.9 Å². The number of nitrogens with two attached hydrogens (primary N) is 1. The maximum atomic E-state index is 12.3. The van der Waals surface area contributed by atoms with Gasteiger partial charge in [-0.25, -0.2) is 0 Å². The molecule has 1 saturated heterocycles. The molecule has 5 heteroatoms. The number of hydrogen-bond acceptors (Lipinski definition) is 3. The molecule has 1 fully saturated rings. The van der Waals surface area contributed by atoms with Gasteiger partial charge in [0.05, 0.1) is 0 Å². The second kappa shape index (κ2) is 5.23. The molecule has 0 aromatic carbocycles. The first-order valence-corrected chi connectivity index (χ1v) is 6.67. The van der Waals surface area contributed by atoms with Crippen molar-refractivity contribution in [3.8, 4) is 0 Å². The van der Waals surface area contributed by atoms with E-state index in [0.717, 1.165) is 19.4 Å². The average molecular weight is 301 g/mol. The maximum absolute atomic E-state index is 12.3. The Labute approximate surface area is 109 Å². The minimum Gasteiger partial charge on any atom is -0.444 e. The van der Waals surface area contributed by atoms with Crippen molar-refractivity contribution in [2.24, 2.45) is 11.7 Å². The topological polar surface area (TPSA) is 59.5 Å². The zero-order valence-corrected chi connectivity index (χ0v) is 11.4. The summed E-state index contributed by atoms with van der Waals surface area (Å²) in [5.74, 6) is 0.760. The van der Waals surface area contributed by atoms with Gasteiger partial charge in [-0.15, -0.1) is 0 Å². The van der Waals surface area contributed by atoms with Crippen molar-refractivity contribution in [1.29, 1.82) is 0 Å². The van der Waals surface area contributed by atoms with E-state index in [4.69, 9.17) is 10.2 Å². The molecule has 2 rings (SSSR count). The highest BCUT2D eigenvalue weighted by Crippen LogP contribution is 2.24. The van der Waals surface area contributed by atoms with Gasteiger partial charge in [0.25, 0.3) is 5.91 Å². The third kappa shape index (κ3) is 2.72. The van der Waals surface area contributed by atoms with Crippen molar-refractivity contribution in [3.63, 3.8) is 0 Å². The Hall–Kier alpha value is -0.810.